The maximum Gasteiger partial charge on any atom is 0.0984 e. The minimum absolute atomic E-state index is 0.188. The summed E-state index contributed by atoms with van der Waals surface area (Å²) in [6.07, 6.45) is -0.310. The monoisotopic (exact) mass is 285 g/mol. The fourth-order valence-electron chi connectivity index (χ4n) is 2.36. The largest absolute Gasteiger partial charge is 0.393 e. The van der Waals surface area contributed by atoms with Crippen LogP contribution in [-0.4, -0.2) is 22.9 Å². The van der Waals surface area contributed by atoms with E-state index >= 15 is 0 Å². The molecule has 0 amide bonds. The van der Waals surface area contributed by atoms with Crippen LogP contribution in [0.1, 0.15) is 36.6 Å². The van der Waals surface area contributed by atoms with E-state index in [2.05, 4.69) is 5.32 Å². The first-order valence-corrected chi connectivity index (χ1v) is 7.38. The molecule has 0 radical (unpaired) electrons. The summed E-state index contributed by atoms with van der Waals surface area (Å²) in [7, 11) is 0. The van der Waals surface area contributed by atoms with Crippen molar-refractivity contribution < 1.29 is 10.2 Å². The van der Waals surface area contributed by atoms with Crippen molar-refractivity contribution in [2.45, 2.75) is 31.6 Å². The predicted molar refractivity (Wildman–Crippen MR) is 84.9 cm³/mol. The minimum Gasteiger partial charge on any atom is -0.393 e. The Morgan fingerprint density at radius 1 is 0.857 bits per heavy atom. The third-order valence-electron chi connectivity index (χ3n) is 3.54. The quantitative estimate of drug-likeness (QED) is 0.733. The van der Waals surface area contributed by atoms with Crippen molar-refractivity contribution >= 4 is 0 Å². The van der Waals surface area contributed by atoms with Crippen LogP contribution in [-0.2, 0) is 0 Å². The first kappa shape index (κ1) is 15.7. The molecular formula is C18H23NO2. The van der Waals surface area contributed by atoms with E-state index < -0.39 is 6.10 Å². The summed E-state index contributed by atoms with van der Waals surface area (Å²) >= 11 is 0. The molecule has 3 heteroatoms. The summed E-state index contributed by atoms with van der Waals surface area (Å²) in [5, 5.41) is 23.4. The lowest BCUT2D eigenvalue weighted by Gasteiger charge is -2.25. The Morgan fingerprint density at radius 3 is 1.90 bits per heavy atom. The number of nitrogens with one attached hydrogen (secondary N) is 1. The van der Waals surface area contributed by atoms with Crippen LogP contribution in [0.5, 0.6) is 0 Å². The first-order valence-electron chi connectivity index (χ1n) is 7.38. The molecule has 2 aromatic carbocycles. The van der Waals surface area contributed by atoms with E-state index in [4.69, 9.17) is 0 Å². The van der Waals surface area contributed by atoms with Crippen molar-refractivity contribution in [3.63, 3.8) is 0 Å². The van der Waals surface area contributed by atoms with Crippen LogP contribution in [0.2, 0.25) is 0 Å². The second kappa shape index (κ2) is 7.93. The Bertz CT molecular complexity index is 513. The number of hydrogen-bond acceptors (Lipinski definition) is 3. The Hall–Kier alpha value is -1.68. The van der Waals surface area contributed by atoms with Gasteiger partial charge in [-0.2, -0.15) is 0 Å². The molecule has 2 aromatic rings. The lowest BCUT2D eigenvalue weighted by Crippen LogP contribution is -2.29. The molecular weight excluding hydrogens is 262 g/mol. The molecule has 21 heavy (non-hydrogen) atoms. The molecule has 2 rings (SSSR count). The lowest BCUT2D eigenvalue weighted by molar-refractivity contribution is 0.122. The van der Waals surface area contributed by atoms with Crippen LogP contribution >= 0.6 is 0 Å². The molecule has 0 saturated heterocycles. The zero-order chi connectivity index (χ0) is 15.1. The molecule has 0 bridgehead atoms. The van der Waals surface area contributed by atoms with Gasteiger partial charge in [0, 0.05) is 0 Å². The zero-order valence-electron chi connectivity index (χ0n) is 12.3. The second-order valence-corrected chi connectivity index (χ2v) is 5.34. The fourth-order valence-corrected chi connectivity index (χ4v) is 2.36. The van der Waals surface area contributed by atoms with E-state index in [-0.39, 0.29) is 12.1 Å². The average molecular weight is 285 g/mol. The van der Waals surface area contributed by atoms with Crippen LogP contribution in [0.15, 0.2) is 60.7 Å². The van der Waals surface area contributed by atoms with Crippen molar-refractivity contribution in [2.24, 2.45) is 0 Å². The summed E-state index contributed by atoms with van der Waals surface area (Å²) in [4.78, 5) is 0. The highest BCUT2D eigenvalue weighted by molar-refractivity contribution is 5.26. The number of rotatable bonds is 7. The Kier molecular flexibility index (Phi) is 5.93. The van der Waals surface area contributed by atoms with E-state index in [0.29, 0.717) is 13.0 Å². The van der Waals surface area contributed by atoms with Crippen molar-refractivity contribution in [3.8, 4) is 0 Å². The standard InChI is InChI=1S/C18H23NO2/c1-14(20)12-13-19-17(15-8-4-2-5-9-15)18(21)16-10-6-3-7-11-16/h2-11,14,17-21H,12-13H2,1H3/t14-,17+,18-/m1/s1. The van der Waals surface area contributed by atoms with Crippen molar-refractivity contribution in [1.82, 2.24) is 5.32 Å². The second-order valence-electron chi connectivity index (χ2n) is 5.34. The van der Waals surface area contributed by atoms with E-state index in [1.54, 1.807) is 6.92 Å². The summed E-state index contributed by atoms with van der Waals surface area (Å²) in [6.45, 7) is 2.42. The van der Waals surface area contributed by atoms with Gasteiger partial charge in [-0.3, -0.25) is 0 Å². The highest BCUT2D eigenvalue weighted by Gasteiger charge is 2.21. The molecule has 0 aromatic heterocycles. The smallest absolute Gasteiger partial charge is 0.0984 e. The van der Waals surface area contributed by atoms with Crippen LogP contribution in [0.3, 0.4) is 0 Å². The van der Waals surface area contributed by atoms with Gasteiger partial charge in [-0.25, -0.2) is 0 Å². The number of aliphatic hydroxyl groups is 2. The van der Waals surface area contributed by atoms with Gasteiger partial charge < -0.3 is 15.5 Å². The minimum atomic E-state index is -0.623. The van der Waals surface area contributed by atoms with Gasteiger partial charge >= 0.3 is 0 Å². The summed E-state index contributed by atoms with van der Waals surface area (Å²) in [5.74, 6) is 0. The molecule has 0 aliphatic carbocycles. The fraction of sp³-hybridized carbons (Fsp3) is 0.333. The average Bonchev–Trinajstić information content (AvgIpc) is 2.52. The summed E-state index contributed by atoms with van der Waals surface area (Å²) in [5.41, 5.74) is 1.93. The number of hydrogen-bond donors (Lipinski definition) is 3. The summed E-state index contributed by atoms with van der Waals surface area (Å²) < 4.78 is 0. The first-order chi connectivity index (χ1) is 10.2. The molecule has 0 saturated carbocycles. The van der Waals surface area contributed by atoms with Gasteiger partial charge in [-0.1, -0.05) is 60.7 Å². The van der Waals surface area contributed by atoms with Gasteiger partial charge in [0.25, 0.3) is 0 Å². The Morgan fingerprint density at radius 2 is 1.38 bits per heavy atom. The Labute approximate surface area is 126 Å². The van der Waals surface area contributed by atoms with Crippen LogP contribution in [0, 0.1) is 0 Å². The molecule has 3 atom stereocenters. The highest BCUT2D eigenvalue weighted by Crippen LogP contribution is 2.28. The predicted octanol–water partition coefficient (Wildman–Crippen LogP) is 2.82. The molecule has 0 heterocycles. The van der Waals surface area contributed by atoms with Crippen molar-refractivity contribution in [3.05, 3.63) is 71.8 Å². The van der Waals surface area contributed by atoms with Crippen LogP contribution in [0.25, 0.3) is 0 Å². The zero-order valence-corrected chi connectivity index (χ0v) is 12.3. The van der Waals surface area contributed by atoms with E-state index in [1.807, 2.05) is 60.7 Å². The molecule has 3 N–H and O–H groups in total. The molecule has 0 aliphatic rings. The molecule has 0 spiro atoms. The molecule has 3 nitrogen and oxygen atoms in total. The van der Waals surface area contributed by atoms with Crippen LogP contribution in [0.4, 0.5) is 0 Å². The van der Waals surface area contributed by atoms with E-state index in [9.17, 15) is 10.2 Å². The SMILES string of the molecule is C[C@@H](O)CCN[C@@H](c1ccccc1)[C@H](O)c1ccccc1. The van der Waals surface area contributed by atoms with Gasteiger partial charge in [-0.05, 0) is 31.0 Å². The van der Waals surface area contributed by atoms with Gasteiger partial charge in [0.2, 0.25) is 0 Å². The van der Waals surface area contributed by atoms with Crippen molar-refractivity contribution in [2.75, 3.05) is 6.54 Å². The molecule has 0 unspecified atom stereocenters. The number of aliphatic hydroxyl groups excluding tert-OH is 2. The maximum absolute atomic E-state index is 10.7. The molecule has 0 aliphatic heterocycles. The molecule has 0 fully saturated rings. The molecule has 112 valence electrons. The normalized spacial score (nSPS) is 15.4. The topological polar surface area (TPSA) is 52.5 Å². The third-order valence-corrected chi connectivity index (χ3v) is 3.54. The third kappa shape index (κ3) is 4.67. The lowest BCUT2D eigenvalue weighted by atomic mass is 9.95. The van der Waals surface area contributed by atoms with E-state index in [1.165, 1.54) is 0 Å². The van der Waals surface area contributed by atoms with Crippen molar-refractivity contribution in [1.29, 1.82) is 0 Å². The summed E-state index contributed by atoms with van der Waals surface area (Å²) in [6, 6.07) is 19.4. The van der Waals surface area contributed by atoms with Crippen LogP contribution < -0.4 is 5.32 Å². The van der Waals surface area contributed by atoms with Gasteiger partial charge in [0.05, 0.1) is 18.2 Å². The van der Waals surface area contributed by atoms with Gasteiger partial charge in [-0.15, -0.1) is 0 Å². The van der Waals surface area contributed by atoms with Gasteiger partial charge in [0.1, 0.15) is 0 Å². The Balaban J connectivity index is 2.15. The van der Waals surface area contributed by atoms with Gasteiger partial charge in [0.15, 0.2) is 0 Å². The highest BCUT2D eigenvalue weighted by atomic mass is 16.3. The van der Waals surface area contributed by atoms with E-state index in [0.717, 1.165) is 11.1 Å². The maximum atomic E-state index is 10.7. The number of benzene rings is 2.